The summed E-state index contributed by atoms with van der Waals surface area (Å²) in [4.78, 5) is 27.0. The predicted molar refractivity (Wildman–Crippen MR) is 184 cm³/mol. The molecule has 1 heterocycles. The second-order valence-corrected chi connectivity index (χ2v) is 12.9. The van der Waals surface area contributed by atoms with Crippen molar-refractivity contribution in [3.63, 3.8) is 0 Å². The number of esters is 1. The van der Waals surface area contributed by atoms with Crippen LogP contribution in [0.5, 0.6) is 11.5 Å². The number of hydrogen-bond donors (Lipinski definition) is 2. The molecule has 0 bridgehead atoms. The summed E-state index contributed by atoms with van der Waals surface area (Å²) in [5.41, 5.74) is 2.02. The monoisotopic (exact) mass is 623 g/mol. The minimum atomic E-state index is -0.335. The van der Waals surface area contributed by atoms with Gasteiger partial charge in [0.25, 0.3) is 0 Å². The second kappa shape index (κ2) is 17.4. The zero-order valence-corrected chi connectivity index (χ0v) is 27.8. The van der Waals surface area contributed by atoms with Gasteiger partial charge in [0, 0.05) is 5.56 Å². The highest BCUT2D eigenvalue weighted by Gasteiger charge is 2.18. The lowest BCUT2D eigenvalue weighted by atomic mass is 9.92. The van der Waals surface area contributed by atoms with Gasteiger partial charge in [0.15, 0.2) is 17.5 Å². The van der Waals surface area contributed by atoms with E-state index >= 15 is 0 Å². The van der Waals surface area contributed by atoms with Crippen LogP contribution in [0.4, 0.5) is 0 Å². The standard InChI is InChI=1S/C39H49N3O4/c1-5-28(4)15-13-17-29(16-8-6-7-14-27(2)3)26-46-39(45)31-24-22-30(23-25-31)36-40-37(32-18-9-11-20-34(32)43)42-38(41-36)33-19-10-12-21-35(33)44/h9-12,18-25,27-29,43-44H,5-8,13-17,26H2,1-4H3. The van der Waals surface area contributed by atoms with Gasteiger partial charge >= 0.3 is 5.97 Å². The third kappa shape index (κ3) is 10.1. The van der Waals surface area contributed by atoms with Crippen molar-refractivity contribution in [2.75, 3.05) is 6.61 Å². The van der Waals surface area contributed by atoms with Gasteiger partial charge in [-0.1, -0.05) is 109 Å². The Labute approximate surface area is 274 Å². The molecule has 0 saturated heterocycles. The SMILES string of the molecule is CCC(C)CCCC(CCCCCC(C)C)COC(=O)c1ccc(-c2nc(-c3ccccc3O)nc(-c3ccccc3O)n2)cc1. The molecule has 4 rings (SSSR count). The largest absolute Gasteiger partial charge is 0.507 e. The van der Waals surface area contributed by atoms with E-state index < -0.39 is 0 Å². The van der Waals surface area contributed by atoms with E-state index in [0.29, 0.717) is 40.6 Å². The highest BCUT2D eigenvalue weighted by molar-refractivity contribution is 5.90. The third-order valence-corrected chi connectivity index (χ3v) is 8.65. The molecular formula is C39H49N3O4. The lowest BCUT2D eigenvalue weighted by molar-refractivity contribution is 0.0421. The summed E-state index contributed by atoms with van der Waals surface area (Å²) < 4.78 is 5.86. The van der Waals surface area contributed by atoms with Gasteiger partial charge in [-0.25, -0.2) is 19.7 Å². The Morgan fingerprint density at radius 1 is 0.674 bits per heavy atom. The Morgan fingerprint density at radius 3 is 1.78 bits per heavy atom. The summed E-state index contributed by atoms with van der Waals surface area (Å²) in [5, 5.41) is 21.0. The Balaban J connectivity index is 1.48. The number of carbonyl (C=O) groups is 1. The number of unbranched alkanes of at least 4 members (excludes halogenated alkanes) is 2. The van der Waals surface area contributed by atoms with Crippen molar-refractivity contribution in [1.29, 1.82) is 0 Å². The van der Waals surface area contributed by atoms with Crippen LogP contribution in [0.25, 0.3) is 34.2 Å². The first kappa shape index (κ1) is 34.6. The number of aromatic hydroxyl groups is 2. The first-order valence-corrected chi connectivity index (χ1v) is 16.9. The Hall–Kier alpha value is -4.26. The van der Waals surface area contributed by atoms with Crippen LogP contribution in [0, 0.1) is 17.8 Å². The molecule has 3 aromatic carbocycles. The molecule has 46 heavy (non-hydrogen) atoms. The van der Waals surface area contributed by atoms with Crippen LogP contribution in [-0.2, 0) is 4.74 Å². The molecule has 7 nitrogen and oxygen atoms in total. The summed E-state index contributed by atoms with van der Waals surface area (Å²) in [7, 11) is 0. The average molecular weight is 624 g/mol. The van der Waals surface area contributed by atoms with E-state index in [4.69, 9.17) is 4.74 Å². The van der Waals surface area contributed by atoms with Crippen molar-refractivity contribution in [3.8, 4) is 45.7 Å². The van der Waals surface area contributed by atoms with Gasteiger partial charge in [0.2, 0.25) is 0 Å². The minimum Gasteiger partial charge on any atom is -0.507 e. The number of carbonyl (C=O) groups excluding carboxylic acids is 1. The van der Waals surface area contributed by atoms with E-state index in [1.165, 1.54) is 38.5 Å². The van der Waals surface area contributed by atoms with Crippen LogP contribution in [-0.4, -0.2) is 37.7 Å². The molecule has 1 aromatic heterocycles. The van der Waals surface area contributed by atoms with Gasteiger partial charge in [0.1, 0.15) is 11.5 Å². The van der Waals surface area contributed by atoms with Crippen LogP contribution in [0.3, 0.4) is 0 Å². The fraction of sp³-hybridized carbons (Fsp3) is 0.436. The van der Waals surface area contributed by atoms with Gasteiger partial charge < -0.3 is 14.9 Å². The first-order valence-electron chi connectivity index (χ1n) is 16.9. The van der Waals surface area contributed by atoms with E-state index in [1.807, 2.05) is 0 Å². The summed E-state index contributed by atoms with van der Waals surface area (Å²) in [6, 6.07) is 20.7. The fourth-order valence-electron chi connectivity index (χ4n) is 5.54. The number of phenols is 2. The smallest absolute Gasteiger partial charge is 0.338 e. The normalized spacial score (nSPS) is 12.6. The molecule has 7 heteroatoms. The maximum absolute atomic E-state index is 13.1. The zero-order chi connectivity index (χ0) is 32.9. The van der Waals surface area contributed by atoms with Gasteiger partial charge in [-0.3, -0.25) is 0 Å². The van der Waals surface area contributed by atoms with E-state index in [-0.39, 0.29) is 29.1 Å². The highest BCUT2D eigenvalue weighted by Crippen LogP contribution is 2.32. The van der Waals surface area contributed by atoms with Crippen molar-refractivity contribution < 1.29 is 19.7 Å². The number of nitrogens with zero attached hydrogens (tertiary/aromatic N) is 3. The van der Waals surface area contributed by atoms with E-state index in [9.17, 15) is 15.0 Å². The molecule has 2 N–H and O–H groups in total. The van der Waals surface area contributed by atoms with Gasteiger partial charge in [-0.15, -0.1) is 0 Å². The van der Waals surface area contributed by atoms with E-state index in [2.05, 4.69) is 42.6 Å². The number of hydrogen-bond acceptors (Lipinski definition) is 7. The molecule has 4 aromatic rings. The lowest BCUT2D eigenvalue weighted by Gasteiger charge is -2.18. The third-order valence-electron chi connectivity index (χ3n) is 8.65. The molecule has 0 aliphatic heterocycles. The number of phenolic OH excluding ortho intramolecular Hbond substituents is 2. The number of rotatable bonds is 17. The molecule has 0 spiro atoms. The Morgan fingerprint density at radius 2 is 1.22 bits per heavy atom. The molecule has 244 valence electrons. The summed E-state index contributed by atoms with van der Waals surface area (Å²) >= 11 is 0. The summed E-state index contributed by atoms with van der Waals surface area (Å²) in [6.07, 6.45) is 10.7. The second-order valence-electron chi connectivity index (χ2n) is 12.9. The fourth-order valence-corrected chi connectivity index (χ4v) is 5.54. The average Bonchev–Trinajstić information content (AvgIpc) is 3.06. The molecule has 2 unspecified atom stereocenters. The quantitative estimate of drug-likeness (QED) is 0.0891. The number of benzene rings is 3. The lowest BCUT2D eigenvalue weighted by Crippen LogP contribution is -2.15. The van der Waals surface area contributed by atoms with Crippen LogP contribution < -0.4 is 0 Å². The maximum Gasteiger partial charge on any atom is 0.338 e. The van der Waals surface area contributed by atoms with E-state index in [1.54, 1.807) is 72.8 Å². The molecule has 0 aliphatic rings. The van der Waals surface area contributed by atoms with Crippen molar-refractivity contribution in [1.82, 2.24) is 15.0 Å². The van der Waals surface area contributed by atoms with Crippen molar-refractivity contribution in [2.45, 2.75) is 85.5 Å². The molecule has 0 fully saturated rings. The van der Waals surface area contributed by atoms with Crippen LogP contribution in [0.2, 0.25) is 0 Å². The molecule has 0 radical (unpaired) electrons. The maximum atomic E-state index is 13.1. The Bertz CT molecular complexity index is 1470. The van der Waals surface area contributed by atoms with Gasteiger partial charge in [-0.2, -0.15) is 0 Å². The molecule has 0 amide bonds. The van der Waals surface area contributed by atoms with Crippen molar-refractivity contribution in [2.24, 2.45) is 17.8 Å². The van der Waals surface area contributed by atoms with Gasteiger partial charge in [-0.05, 0) is 67.0 Å². The topological polar surface area (TPSA) is 105 Å². The molecule has 0 saturated carbocycles. The minimum absolute atomic E-state index is 0.0368. The summed E-state index contributed by atoms with van der Waals surface area (Å²) in [6.45, 7) is 9.53. The predicted octanol–water partition coefficient (Wildman–Crippen LogP) is 9.88. The van der Waals surface area contributed by atoms with Crippen LogP contribution >= 0.6 is 0 Å². The van der Waals surface area contributed by atoms with Gasteiger partial charge in [0.05, 0.1) is 23.3 Å². The molecular weight excluding hydrogens is 574 g/mol. The Kier molecular flexibility index (Phi) is 13.1. The first-order chi connectivity index (χ1) is 22.2. The van der Waals surface area contributed by atoms with Crippen molar-refractivity contribution >= 4 is 5.97 Å². The van der Waals surface area contributed by atoms with Crippen LogP contribution in [0.1, 0.15) is 95.8 Å². The zero-order valence-electron chi connectivity index (χ0n) is 27.8. The highest BCUT2D eigenvalue weighted by atomic mass is 16.5. The number of para-hydroxylation sites is 2. The number of aromatic nitrogens is 3. The van der Waals surface area contributed by atoms with E-state index in [0.717, 1.165) is 31.1 Å². The van der Waals surface area contributed by atoms with Crippen molar-refractivity contribution in [3.05, 3.63) is 78.4 Å². The van der Waals surface area contributed by atoms with Crippen LogP contribution in [0.15, 0.2) is 72.8 Å². The molecule has 0 aliphatic carbocycles. The number of ether oxygens (including phenoxy) is 1. The molecule has 2 atom stereocenters. The summed E-state index contributed by atoms with van der Waals surface area (Å²) in [5.74, 6) is 2.47.